The van der Waals surface area contributed by atoms with E-state index in [0.29, 0.717) is 15.9 Å². The minimum absolute atomic E-state index is 0.630. The van der Waals surface area contributed by atoms with Crippen LogP contribution in [-0.2, 0) is 4.99 Å². The first-order valence-electron chi connectivity index (χ1n) is 9.70. The molecule has 4 N–H and O–H groups in total. The number of anilines is 1. The van der Waals surface area contributed by atoms with Gasteiger partial charge >= 0.3 is 0 Å². The first kappa shape index (κ1) is 21.9. The van der Waals surface area contributed by atoms with Gasteiger partial charge in [-0.2, -0.15) is 0 Å². The molecule has 1 aliphatic heterocycles. The topological polar surface area (TPSA) is 102 Å². The van der Waals surface area contributed by atoms with E-state index in [4.69, 9.17) is 22.3 Å². The van der Waals surface area contributed by atoms with Gasteiger partial charge in [-0.1, -0.05) is 35.5 Å². The summed E-state index contributed by atoms with van der Waals surface area (Å²) in [4.78, 5) is 19.3. The Labute approximate surface area is 194 Å². The first-order valence-corrected chi connectivity index (χ1v) is 11.7. The highest BCUT2D eigenvalue weighted by atomic mass is 35.5. The second kappa shape index (κ2) is 9.04. The lowest BCUT2D eigenvalue weighted by Gasteiger charge is -2.25. The lowest BCUT2D eigenvalue weighted by atomic mass is 10.2. The largest absolute Gasteiger partial charge is 0.369 e. The zero-order chi connectivity index (χ0) is 22.0. The number of nitrogens with one attached hydrogen (secondary N) is 2. The van der Waals surface area contributed by atoms with Gasteiger partial charge in [-0.15, -0.1) is 0 Å². The van der Waals surface area contributed by atoms with Gasteiger partial charge in [0.25, 0.3) is 0 Å². The van der Waals surface area contributed by atoms with Gasteiger partial charge in [0.05, 0.1) is 27.5 Å². The molecule has 0 bridgehead atoms. The fourth-order valence-corrected chi connectivity index (χ4v) is 5.28. The van der Waals surface area contributed by atoms with Gasteiger partial charge < -0.3 is 10.6 Å². The average Bonchev–Trinajstić information content (AvgIpc) is 3.13. The highest BCUT2D eigenvalue weighted by Crippen LogP contribution is 2.44. The molecule has 3 aromatic rings. The maximum atomic E-state index is 6.66. The quantitative estimate of drug-likeness (QED) is 0.447. The molecule has 0 fully saturated rings. The van der Waals surface area contributed by atoms with E-state index in [2.05, 4.69) is 25.6 Å². The van der Waals surface area contributed by atoms with Gasteiger partial charge in [0.1, 0.15) is 11.5 Å². The van der Waals surface area contributed by atoms with Crippen molar-refractivity contribution in [2.45, 2.75) is 35.8 Å². The summed E-state index contributed by atoms with van der Waals surface area (Å²) in [6.45, 7) is 6.65. The number of hydrogen-bond donors (Lipinski definition) is 3. The molecule has 1 aliphatic rings. The fourth-order valence-electron chi connectivity index (χ4n) is 3.10. The Morgan fingerprint density at radius 2 is 2.03 bits per heavy atom. The highest BCUT2D eigenvalue weighted by Gasteiger charge is 2.37. The third-order valence-electron chi connectivity index (χ3n) is 4.47. The predicted molar refractivity (Wildman–Crippen MR) is 128 cm³/mol. The average molecular weight is 472 g/mol. The van der Waals surface area contributed by atoms with E-state index >= 15 is 0 Å². The van der Waals surface area contributed by atoms with Crippen LogP contribution >= 0.6 is 35.1 Å². The number of benzene rings is 1. The number of nitrogens with two attached hydrogens (primary N) is 1. The zero-order valence-electron chi connectivity index (χ0n) is 17.3. The molecule has 0 radical (unpaired) electrons. The second-order valence-electron chi connectivity index (χ2n) is 6.92. The van der Waals surface area contributed by atoms with Gasteiger partial charge in [-0.05, 0) is 50.7 Å². The molecular weight excluding hydrogens is 450 g/mol. The van der Waals surface area contributed by atoms with Crippen LogP contribution in [-0.4, -0.2) is 26.5 Å². The SMILES string of the molecule is CCNc1cnc(C2(N)NC=C(c3cc(C)nc(Sc4ccccc4Cl)n3)S2)c(C)n1. The van der Waals surface area contributed by atoms with Crippen LogP contribution in [0.2, 0.25) is 5.02 Å². The molecule has 3 heterocycles. The maximum Gasteiger partial charge on any atom is 0.193 e. The van der Waals surface area contributed by atoms with Crippen LogP contribution in [0.3, 0.4) is 0 Å². The number of rotatable bonds is 6. The third kappa shape index (κ3) is 4.79. The van der Waals surface area contributed by atoms with Gasteiger partial charge in [0.2, 0.25) is 0 Å². The van der Waals surface area contributed by atoms with Gasteiger partial charge in [-0.25, -0.2) is 15.0 Å². The van der Waals surface area contributed by atoms with Gasteiger partial charge in [0, 0.05) is 23.3 Å². The van der Waals surface area contributed by atoms with Crippen molar-refractivity contribution in [3.8, 4) is 0 Å². The number of hydrogen-bond acceptors (Lipinski definition) is 9. The van der Waals surface area contributed by atoms with Gasteiger partial charge in [0.15, 0.2) is 10.2 Å². The van der Waals surface area contributed by atoms with E-state index < -0.39 is 4.99 Å². The van der Waals surface area contributed by atoms with Crippen LogP contribution in [0.1, 0.15) is 29.7 Å². The third-order valence-corrected chi connectivity index (χ3v) is 7.03. The highest BCUT2D eigenvalue weighted by molar-refractivity contribution is 8.09. The summed E-state index contributed by atoms with van der Waals surface area (Å²) in [5.41, 5.74) is 9.77. The Bertz CT molecular complexity index is 1150. The molecule has 4 rings (SSSR count). The van der Waals surface area contributed by atoms with Crippen LogP contribution in [0.25, 0.3) is 4.91 Å². The molecule has 1 atom stereocenters. The Balaban J connectivity index is 1.58. The van der Waals surface area contributed by atoms with E-state index in [1.165, 1.54) is 23.5 Å². The van der Waals surface area contributed by atoms with Crippen LogP contribution in [0, 0.1) is 13.8 Å². The van der Waals surface area contributed by atoms with E-state index in [1.54, 1.807) is 6.20 Å². The van der Waals surface area contributed by atoms with Gasteiger partial charge in [-0.3, -0.25) is 10.7 Å². The van der Waals surface area contributed by atoms with Crippen LogP contribution < -0.4 is 16.4 Å². The van der Waals surface area contributed by atoms with Crippen LogP contribution in [0.5, 0.6) is 0 Å². The Morgan fingerprint density at radius 1 is 1.23 bits per heavy atom. The van der Waals surface area contributed by atoms with E-state index in [0.717, 1.165) is 39.2 Å². The molecule has 1 unspecified atom stereocenters. The van der Waals surface area contributed by atoms with Crippen molar-refractivity contribution in [2.75, 3.05) is 11.9 Å². The summed E-state index contributed by atoms with van der Waals surface area (Å²) in [6.07, 6.45) is 3.57. The molecule has 0 spiro atoms. The standard InChI is InChI=1S/C21H22ClN7S2/c1-4-24-18-11-25-19(13(3)28-18)21(23)26-10-17(31-21)15-9-12(2)27-20(29-15)30-16-8-6-5-7-14(16)22/h5-11,26H,4,23H2,1-3H3,(H,24,28). The van der Waals surface area contributed by atoms with Crippen LogP contribution in [0.4, 0.5) is 5.82 Å². The Morgan fingerprint density at radius 3 is 2.77 bits per heavy atom. The normalized spacial score (nSPS) is 17.9. The molecule has 1 aromatic carbocycles. The first-order chi connectivity index (χ1) is 14.9. The smallest absolute Gasteiger partial charge is 0.193 e. The molecule has 2 aromatic heterocycles. The number of halogens is 1. The second-order valence-corrected chi connectivity index (χ2v) is 9.62. The Hall–Kier alpha value is -2.33. The summed E-state index contributed by atoms with van der Waals surface area (Å²) < 4.78 is 0. The molecule has 0 saturated heterocycles. The fraction of sp³-hybridized carbons (Fsp3) is 0.238. The van der Waals surface area contributed by atoms with E-state index in [1.807, 2.05) is 57.3 Å². The summed E-state index contributed by atoms with van der Waals surface area (Å²) in [7, 11) is 0. The molecule has 0 amide bonds. The monoisotopic (exact) mass is 471 g/mol. The number of aromatic nitrogens is 4. The molecule has 0 aliphatic carbocycles. The van der Waals surface area contributed by atoms with Crippen molar-refractivity contribution in [3.63, 3.8) is 0 Å². The van der Waals surface area contributed by atoms with Crippen molar-refractivity contribution in [2.24, 2.45) is 5.73 Å². The van der Waals surface area contributed by atoms with E-state index in [9.17, 15) is 0 Å². The lowest BCUT2D eigenvalue weighted by Crippen LogP contribution is -2.43. The van der Waals surface area contributed by atoms with Crippen molar-refractivity contribution in [1.29, 1.82) is 0 Å². The lowest BCUT2D eigenvalue weighted by molar-refractivity contribution is 0.571. The minimum Gasteiger partial charge on any atom is -0.369 e. The summed E-state index contributed by atoms with van der Waals surface area (Å²) in [6, 6.07) is 9.59. The molecule has 10 heteroatoms. The number of nitrogens with zero attached hydrogens (tertiary/aromatic N) is 4. The van der Waals surface area contributed by atoms with Crippen LogP contribution in [0.15, 0.2) is 52.8 Å². The molecule has 0 saturated carbocycles. The molecule has 7 nitrogen and oxygen atoms in total. The van der Waals surface area contributed by atoms with Crippen molar-refractivity contribution < 1.29 is 0 Å². The number of thioether (sulfide) groups is 1. The molecule has 31 heavy (non-hydrogen) atoms. The van der Waals surface area contributed by atoms with Crippen molar-refractivity contribution in [1.82, 2.24) is 25.3 Å². The minimum atomic E-state index is -0.925. The van der Waals surface area contributed by atoms with Crippen molar-refractivity contribution in [3.05, 3.63) is 70.5 Å². The summed E-state index contributed by atoms with van der Waals surface area (Å²) >= 11 is 9.19. The number of aryl methyl sites for hydroxylation is 2. The molecule has 160 valence electrons. The Kier molecular flexibility index (Phi) is 6.38. The summed E-state index contributed by atoms with van der Waals surface area (Å²) in [5, 5.41) is 7.72. The van der Waals surface area contributed by atoms with E-state index in [-0.39, 0.29) is 0 Å². The predicted octanol–water partition coefficient (Wildman–Crippen LogP) is 4.52. The molecular formula is C21H22ClN7S2. The maximum absolute atomic E-state index is 6.66. The zero-order valence-corrected chi connectivity index (χ0v) is 19.7. The summed E-state index contributed by atoms with van der Waals surface area (Å²) in [5.74, 6) is 0.733. The van der Waals surface area contributed by atoms with Crippen molar-refractivity contribution >= 4 is 45.8 Å².